The number of hydrogen-bond donors (Lipinski definition) is 1. The summed E-state index contributed by atoms with van der Waals surface area (Å²) in [5, 5.41) is 13.2. The van der Waals surface area contributed by atoms with E-state index < -0.39 is 0 Å². The average Bonchev–Trinajstić information content (AvgIpc) is 3.17. The molecule has 0 radical (unpaired) electrons. The van der Waals surface area contributed by atoms with Crippen LogP contribution in [0.4, 0.5) is 11.6 Å². The Hall–Kier alpha value is -3.83. The van der Waals surface area contributed by atoms with Crippen molar-refractivity contribution in [2.24, 2.45) is 0 Å². The molecule has 2 aromatic carbocycles. The molecule has 0 aliphatic heterocycles. The maximum absolute atomic E-state index is 11.9. The molecular formula is C27H28ClN5O3. The fraction of sp³-hybridized carbons (Fsp3) is 0.333. The number of ether oxygens (including phenoxy) is 2. The summed E-state index contributed by atoms with van der Waals surface area (Å²) in [6, 6.07) is 11.4. The number of anilines is 2. The van der Waals surface area contributed by atoms with Crippen molar-refractivity contribution in [1.82, 2.24) is 14.9 Å². The minimum Gasteiger partial charge on any atom is -0.494 e. The highest BCUT2D eigenvalue weighted by Crippen LogP contribution is 2.42. The summed E-state index contributed by atoms with van der Waals surface area (Å²) in [6.07, 6.45) is 3.58. The number of likely N-dealkylation sites (N-methyl/N-ethyl adjacent to an activating group) is 1. The van der Waals surface area contributed by atoms with Crippen molar-refractivity contribution >= 4 is 29.1 Å². The van der Waals surface area contributed by atoms with Crippen LogP contribution in [-0.4, -0.2) is 48.6 Å². The van der Waals surface area contributed by atoms with Gasteiger partial charge in [0.25, 0.3) is 5.91 Å². The summed E-state index contributed by atoms with van der Waals surface area (Å²) in [5.41, 5.74) is 5.13. The molecule has 0 fully saturated rings. The van der Waals surface area contributed by atoms with E-state index in [2.05, 4.69) is 41.3 Å². The maximum atomic E-state index is 11.9. The smallest absolute Gasteiger partial charge is 0.259 e. The van der Waals surface area contributed by atoms with Gasteiger partial charge in [-0.2, -0.15) is 5.26 Å². The van der Waals surface area contributed by atoms with Crippen LogP contribution in [0.25, 0.3) is 11.3 Å². The lowest BCUT2D eigenvalue weighted by atomic mass is 9.84. The first-order valence-electron chi connectivity index (χ1n) is 11.5. The molecule has 0 unspecified atom stereocenters. The molecule has 1 amide bonds. The van der Waals surface area contributed by atoms with Crippen molar-refractivity contribution in [2.75, 3.05) is 33.1 Å². The van der Waals surface area contributed by atoms with E-state index in [0.29, 0.717) is 39.4 Å². The van der Waals surface area contributed by atoms with Crippen molar-refractivity contribution in [1.29, 1.82) is 5.26 Å². The number of benzene rings is 2. The second-order valence-electron chi connectivity index (χ2n) is 9.50. The monoisotopic (exact) mass is 505 g/mol. The molecule has 1 N–H and O–H groups in total. The molecule has 1 heterocycles. The fourth-order valence-corrected chi connectivity index (χ4v) is 4.46. The summed E-state index contributed by atoms with van der Waals surface area (Å²) in [4.78, 5) is 22.3. The van der Waals surface area contributed by atoms with Gasteiger partial charge in [0, 0.05) is 31.9 Å². The summed E-state index contributed by atoms with van der Waals surface area (Å²) in [7, 11) is 4.83. The van der Waals surface area contributed by atoms with E-state index in [0.717, 1.165) is 24.0 Å². The molecular weight excluding hydrogens is 478 g/mol. The number of aromatic nitrogens is 2. The standard InChI is InChI=1S/C27H28ClN5O3/c1-27(2)8-6-18-17(14-29)10-16(11-19(18)27)21-7-9-30-26(31-21)32-22-12-20(28)23(13-24(22)35-5)36-15-25(34)33(3)4/h7,9-13H,6,8,15H2,1-5H3,(H,30,31,32). The van der Waals surface area contributed by atoms with Crippen LogP contribution in [0.5, 0.6) is 11.5 Å². The predicted octanol–water partition coefficient (Wildman–Crippen LogP) is 5.11. The van der Waals surface area contributed by atoms with Crippen LogP contribution in [-0.2, 0) is 16.6 Å². The molecule has 9 heteroatoms. The highest BCUT2D eigenvalue weighted by molar-refractivity contribution is 6.32. The number of fused-ring (bicyclic) bond motifs is 1. The quantitative estimate of drug-likeness (QED) is 0.476. The van der Waals surface area contributed by atoms with Crippen LogP contribution in [0.1, 0.15) is 37.0 Å². The van der Waals surface area contributed by atoms with E-state index in [1.807, 2.05) is 12.1 Å². The number of nitrogens with one attached hydrogen (secondary N) is 1. The summed E-state index contributed by atoms with van der Waals surface area (Å²) < 4.78 is 11.1. The Labute approximate surface area is 215 Å². The number of hydrogen-bond acceptors (Lipinski definition) is 7. The van der Waals surface area contributed by atoms with Gasteiger partial charge in [0.2, 0.25) is 5.95 Å². The van der Waals surface area contributed by atoms with E-state index in [1.54, 1.807) is 32.4 Å². The molecule has 4 rings (SSSR count). The second-order valence-corrected chi connectivity index (χ2v) is 9.90. The third-order valence-electron chi connectivity index (χ3n) is 6.40. The van der Waals surface area contributed by atoms with Crippen molar-refractivity contribution < 1.29 is 14.3 Å². The minimum atomic E-state index is -0.188. The molecule has 0 saturated heterocycles. The zero-order valence-electron chi connectivity index (χ0n) is 21.0. The lowest BCUT2D eigenvalue weighted by Gasteiger charge is -2.20. The molecule has 0 atom stereocenters. The van der Waals surface area contributed by atoms with E-state index >= 15 is 0 Å². The van der Waals surface area contributed by atoms with Crippen molar-refractivity contribution in [3.8, 4) is 28.8 Å². The van der Waals surface area contributed by atoms with E-state index in [9.17, 15) is 10.1 Å². The molecule has 0 saturated carbocycles. The number of methoxy groups -OCH3 is 1. The van der Waals surface area contributed by atoms with Gasteiger partial charge in [0.15, 0.2) is 6.61 Å². The summed E-state index contributed by atoms with van der Waals surface area (Å²) >= 11 is 6.41. The molecule has 1 aliphatic carbocycles. The Kier molecular flexibility index (Phi) is 7.04. The highest BCUT2D eigenvalue weighted by Gasteiger charge is 2.32. The zero-order valence-corrected chi connectivity index (χ0v) is 21.7. The molecule has 0 spiro atoms. The number of carbonyl (C=O) groups is 1. The van der Waals surface area contributed by atoms with Gasteiger partial charge in [-0.15, -0.1) is 0 Å². The third-order valence-corrected chi connectivity index (χ3v) is 6.70. The normalized spacial score (nSPS) is 13.5. The Morgan fingerprint density at radius 1 is 1.25 bits per heavy atom. The molecule has 1 aromatic heterocycles. The largest absolute Gasteiger partial charge is 0.494 e. The first-order valence-corrected chi connectivity index (χ1v) is 11.9. The first-order chi connectivity index (χ1) is 17.1. The minimum absolute atomic E-state index is 0.0101. The Morgan fingerprint density at radius 3 is 2.72 bits per heavy atom. The predicted molar refractivity (Wildman–Crippen MR) is 139 cm³/mol. The number of nitriles is 1. The van der Waals surface area contributed by atoms with Gasteiger partial charge in [0.1, 0.15) is 11.5 Å². The number of carbonyl (C=O) groups excluding carboxylic acids is 1. The summed E-state index contributed by atoms with van der Waals surface area (Å²) in [6.45, 7) is 4.27. The number of rotatable bonds is 7. The van der Waals surface area contributed by atoms with Crippen LogP contribution in [0.3, 0.4) is 0 Å². The van der Waals surface area contributed by atoms with Crippen molar-refractivity contribution in [3.63, 3.8) is 0 Å². The zero-order chi connectivity index (χ0) is 26.0. The topological polar surface area (TPSA) is 100 Å². The van der Waals surface area contributed by atoms with Gasteiger partial charge < -0.3 is 19.7 Å². The van der Waals surface area contributed by atoms with Crippen LogP contribution in [0.15, 0.2) is 36.5 Å². The molecule has 3 aromatic rings. The average molecular weight is 506 g/mol. The van der Waals surface area contributed by atoms with Crippen LogP contribution < -0.4 is 14.8 Å². The first kappa shape index (κ1) is 25.3. The molecule has 36 heavy (non-hydrogen) atoms. The van der Waals surface area contributed by atoms with Crippen molar-refractivity contribution in [2.45, 2.75) is 32.1 Å². The second kappa shape index (κ2) is 10.0. The summed E-state index contributed by atoms with van der Waals surface area (Å²) in [5.74, 6) is 0.934. The molecule has 8 nitrogen and oxygen atoms in total. The third kappa shape index (κ3) is 5.07. The SMILES string of the molecule is COc1cc(OCC(=O)N(C)C)c(Cl)cc1Nc1nccc(-c2cc(C#N)c3c(c2)C(C)(C)CC3)n1. The Balaban J connectivity index is 1.63. The fourth-order valence-electron chi connectivity index (χ4n) is 4.25. The van der Waals surface area contributed by atoms with Crippen LogP contribution in [0, 0.1) is 11.3 Å². The lowest BCUT2D eigenvalue weighted by molar-refractivity contribution is -0.130. The van der Waals surface area contributed by atoms with E-state index in [1.165, 1.54) is 17.6 Å². The van der Waals surface area contributed by atoms with Gasteiger partial charge in [-0.3, -0.25) is 4.79 Å². The number of nitrogens with zero attached hydrogens (tertiary/aromatic N) is 4. The van der Waals surface area contributed by atoms with Gasteiger partial charge >= 0.3 is 0 Å². The number of halogens is 1. The van der Waals surface area contributed by atoms with E-state index in [4.69, 9.17) is 21.1 Å². The van der Waals surface area contributed by atoms with Crippen molar-refractivity contribution in [3.05, 3.63) is 58.2 Å². The highest BCUT2D eigenvalue weighted by atomic mass is 35.5. The van der Waals surface area contributed by atoms with Crippen LogP contribution >= 0.6 is 11.6 Å². The van der Waals surface area contributed by atoms with Gasteiger partial charge in [-0.05, 0) is 53.6 Å². The Bertz CT molecular complexity index is 1360. The van der Waals surface area contributed by atoms with Crippen LogP contribution in [0.2, 0.25) is 5.02 Å². The molecule has 186 valence electrons. The Morgan fingerprint density at radius 2 is 2.03 bits per heavy atom. The lowest BCUT2D eigenvalue weighted by Crippen LogP contribution is -2.27. The van der Waals surface area contributed by atoms with Gasteiger partial charge in [-0.25, -0.2) is 9.97 Å². The maximum Gasteiger partial charge on any atom is 0.259 e. The molecule has 0 bridgehead atoms. The number of amides is 1. The van der Waals surface area contributed by atoms with E-state index in [-0.39, 0.29) is 17.9 Å². The van der Waals surface area contributed by atoms with Gasteiger partial charge in [-0.1, -0.05) is 25.4 Å². The van der Waals surface area contributed by atoms with Gasteiger partial charge in [0.05, 0.1) is 35.1 Å². The molecule has 1 aliphatic rings.